The van der Waals surface area contributed by atoms with Crippen LogP contribution in [0.4, 0.5) is 0 Å². The van der Waals surface area contributed by atoms with E-state index in [0.717, 1.165) is 10.8 Å². The van der Waals surface area contributed by atoms with Crippen molar-refractivity contribution in [1.29, 1.82) is 0 Å². The minimum Gasteiger partial charge on any atom is -0.462 e. The molecule has 6 heteroatoms. The topological polar surface area (TPSA) is 64.6 Å². The number of hydrogen-bond donors (Lipinski definition) is 1. The van der Waals surface area contributed by atoms with Crippen LogP contribution in [0.25, 0.3) is 10.8 Å². The van der Waals surface area contributed by atoms with Crippen LogP contribution < -0.4 is 9.61 Å². The summed E-state index contributed by atoms with van der Waals surface area (Å²) >= 11 is 0. The molecule has 2 rings (SSSR count). The first-order valence-electron chi connectivity index (χ1n) is 8.79. The van der Waals surface area contributed by atoms with Crippen LogP contribution in [0.2, 0.25) is 0 Å². The molecule has 1 N–H and O–H groups in total. The molecule has 0 saturated heterocycles. The number of carbonyl (C=O) groups is 1. The molecular formula is C20H28NO4P. The summed E-state index contributed by atoms with van der Waals surface area (Å²) in [7, 11) is -3.43. The van der Waals surface area contributed by atoms with Crippen LogP contribution in [0, 0.1) is 0 Å². The second-order valence-corrected chi connectivity index (χ2v) is 10.5. The Morgan fingerprint density at radius 1 is 1.04 bits per heavy atom. The Morgan fingerprint density at radius 2 is 1.65 bits per heavy atom. The monoisotopic (exact) mass is 377 g/mol. The van der Waals surface area contributed by atoms with Crippen LogP contribution in [0.3, 0.4) is 0 Å². The Kier molecular flexibility index (Phi) is 6.15. The van der Waals surface area contributed by atoms with Crippen molar-refractivity contribution < 1.29 is 18.6 Å². The average molecular weight is 377 g/mol. The normalized spacial score (nSPS) is 15.5. The second-order valence-electron chi connectivity index (χ2n) is 7.63. The lowest BCUT2D eigenvalue weighted by Gasteiger charge is -2.33. The first kappa shape index (κ1) is 20.5. The van der Waals surface area contributed by atoms with Gasteiger partial charge in [-0.2, -0.15) is 0 Å². The molecule has 0 saturated carbocycles. The van der Waals surface area contributed by atoms with E-state index in [1.165, 1.54) is 0 Å². The predicted molar refractivity (Wildman–Crippen MR) is 106 cm³/mol. The molecule has 0 fully saturated rings. The Morgan fingerprint density at radius 3 is 2.27 bits per heavy atom. The molecule has 1 unspecified atom stereocenters. The van der Waals surface area contributed by atoms with E-state index in [1.54, 1.807) is 26.8 Å². The molecule has 0 spiro atoms. The summed E-state index contributed by atoms with van der Waals surface area (Å²) < 4.78 is 25.0. The third-order valence-corrected chi connectivity index (χ3v) is 6.88. The highest BCUT2D eigenvalue weighted by Crippen LogP contribution is 2.56. The molecule has 2 aromatic carbocycles. The van der Waals surface area contributed by atoms with Crippen molar-refractivity contribution in [3.8, 4) is 5.75 Å². The number of fused-ring (bicyclic) bond motifs is 1. The van der Waals surface area contributed by atoms with Gasteiger partial charge < -0.3 is 9.26 Å². The van der Waals surface area contributed by atoms with E-state index in [1.807, 2.05) is 57.2 Å². The molecule has 2 aromatic rings. The average Bonchev–Trinajstić information content (AvgIpc) is 2.53. The standard InChI is InChI=1S/C20H28NO4P/c1-14(2)24-19(22)15(3)21-26(23,20(4,5)6)25-18-13-9-11-16-10-7-8-12-17(16)18/h7-15H,1-6H3,(H,21,23)/t15-,26?/m0/s1. The van der Waals surface area contributed by atoms with E-state index in [4.69, 9.17) is 9.26 Å². The lowest BCUT2D eigenvalue weighted by Crippen LogP contribution is -2.40. The van der Waals surface area contributed by atoms with Gasteiger partial charge in [-0.15, -0.1) is 0 Å². The van der Waals surface area contributed by atoms with Gasteiger partial charge in [0.25, 0.3) is 0 Å². The van der Waals surface area contributed by atoms with Gasteiger partial charge in [0.05, 0.1) is 11.3 Å². The van der Waals surface area contributed by atoms with E-state index in [0.29, 0.717) is 5.75 Å². The molecule has 0 heterocycles. The number of ether oxygens (including phenoxy) is 1. The van der Waals surface area contributed by atoms with Crippen LogP contribution >= 0.6 is 7.52 Å². The highest BCUT2D eigenvalue weighted by atomic mass is 31.2. The number of esters is 1. The van der Waals surface area contributed by atoms with Crippen molar-refractivity contribution in [3.05, 3.63) is 42.5 Å². The molecule has 2 atom stereocenters. The largest absolute Gasteiger partial charge is 0.462 e. The smallest absolute Gasteiger partial charge is 0.323 e. The Hall–Kier alpha value is -1.84. The van der Waals surface area contributed by atoms with Gasteiger partial charge in [-0.05, 0) is 53.0 Å². The molecule has 0 aliphatic carbocycles. The van der Waals surface area contributed by atoms with Crippen LogP contribution in [-0.4, -0.2) is 23.3 Å². The summed E-state index contributed by atoms with van der Waals surface area (Å²) in [6.45, 7) is 10.7. The molecule has 0 amide bonds. The Bertz CT molecular complexity index is 821. The van der Waals surface area contributed by atoms with Crippen molar-refractivity contribution >= 4 is 24.3 Å². The van der Waals surface area contributed by atoms with E-state index >= 15 is 0 Å². The molecule has 26 heavy (non-hydrogen) atoms. The van der Waals surface area contributed by atoms with E-state index < -0.39 is 24.7 Å². The summed E-state index contributed by atoms with van der Waals surface area (Å²) in [4.78, 5) is 12.2. The molecule has 0 aliphatic rings. The Labute approximate surface area is 155 Å². The zero-order chi connectivity index (χ0) is 19.5. The quantitative estimate of drug-likeness (QED) is 0.558. The van der Waals surface area contributed by atoms with Gasteiger partial charge in [0.2, 0.25) is 0 Å². The Balaban J connectivity index is 2.35. The van der Waals surface area contributed by atoms with Gasteiger partial charge in [0.15, 0.2) is 0 Å². The third kappa shape index (κ3) is 4.66. The van der Waals surface area contributed by atoms with Crippen LogP contribution in [0.15, 0.2) is 42.5 Å². The number of hydrogen-bond acceptors (Lipinski definition) is 4. The maximum Gasteiger partial charge on any atom is 0.323 e. The van der Waals surface area contributed by atoms with Gasteiger partial charge in [0.1, 0.15) is 11.8 Å². The summed E-state index contributed by atoms with van der Waals surface area (Å²) in [5, 5.41) is 4.07. The van der Waals surface area contributed by atoms with Gasteiger partial charge in [-0.1, -0.05) is 36.4 Å². The van der Waals surface area contributed by atoms with Crippen LogP contribution in [0.5, 0.6) is 5.75 Å². The van der Waals surface area contributed by atoms with Gasteiger partial charge in [-0.25, -0.2) is 5.09 Å². The summed E-state index contributed by atoms with van der Waals surface area (Å²) in [6, 6.07) is 12.6. The fourth-order valence-electron chi connectivity index (χ4n) is 2.41. The first-order valence-corrected chi connectivity index (χ1v) is 10.4. The zero-order valence-electron chi connectivity index (χ0n) is 16.3. The minimum atomic E-state index is -3.43. The first-order chi connectivity index (χ1) is 12.0. The van der Waals surface area contributed by atoms with Crippen molar-refractivity contribution in [2.24, 2.45) is 0 Å². The highest BCUT2D eigenvalue weighted by Gasteiger charge is 2.42. The van der Waals surface area contributed by atoms with Gasteiger partial charge in [0, 0.05) is 5.39 Å². The molecule has 5 nitrogen and oxygen atoms in total. The zero-order valence-corrected chi connectivity index (χ0v) is 17.2. The van der Waals surface area contributed by atoms with Crippen molar-refractivity contribution in [3.63, 3.8) is 0 Å². The van der Waals surface area contributed by atoms with Gasteiger partial charge in [-0.3, -0.25) is 9.36 Å². The second kappa shape index (κ2) is 7.81. The SMILES string of the molecule is CC(C)OC(=O)[C@H](C)NP(=O)(Oc1cccc2ccccc12)C(C)(C)C. The fraction of sp³-hybridized carbons (Fsp3) is 0.450. The summed E-state index contributed by atoms with van der Waals surface area (Å²) in [5.41, 5.74) is 0. The van der Waals surface area contributed by atoms with Crippen molar-refractivity contribution in [1.82, 2.24) is 5.09 Å². The molecule has 0 bridgehead atoms. The van der Waals surface area contributed by atoms with Crippen LogP contribution in [0.1, 0.15) is 41.5 Å². The van der Waals surface area contributed by atoms with Crippen LogP contribution in [-0.2, 0) is 14.1 Å². The van der Waals surface area contributed by atoms with Gasteiger partial charge >= 0.3 is 13.5 Å². The predicted octanol–water partition coefficient (Wildman–Crippen LogP) is 5.14. The number of rotatable bonds is 6. The third-order valence-electron chi connectivity index (χ3n) is 3.93. The maximum absolute atomic E-state index is 13.7. The number of carbonyl (C=O) groups excluding carboxylic acids is 1. The fourth-order valence-corrected chi connectivity index (χ4v) is 4.18. The number of nitrogens with one attached hydrogen (secondary N) is 1. The molecule has 0 radical (unpaired) electrons. The van der Waals surface area contributed by atoms with Crippen molar-refractivity contribution in [2.75, 3.05) is 0 Å². The lowest BCUT2D eigenvalue weighted by molar-refractivity contribution is -0.149. The lowest BCUT2D eigenvalue weighted by atomic mass is 10.1. The van der Waals surface area contributed by atoms with E-state index in [2.05, 4.69) is 5.09 Å². The molecule has 142 valence electrons. The molecular weight excluding hydrogens is 349 g/mol. The summed E-state index contributed by atoms with van der Waals surface area (Å²) in [6.07, 6.45) is -0.236. The number of benzene rings is 2. The van der Waals surface area contributed by atoms with Crippen molar-refractivity contribution in [2.45, 2.75) is 58.8 Å². The summed E-state index contributed by atoms with van der Waals surface area (Å²) in [5.74, 6) is 0.0734. The molecule has 0 aliphatic heterocycles. The van der Waals surface area contributed by atoms with E-state index in [9.17, 15) is 9.36 Å². The molecule has 0 aromatic heterocycles. The maximum atomic E-state index is 13.7. The highest BCUT2D eigenvalue weighted by molar-refractivity contribution is 7.59. The van der Waals surface area contributed by atoms with E-state index in [-0.39, 0.29) is 6.10 Å². The minimum absolute atomic E-state index is 0.236.